The van der Waals surface area contributed by atoms with Crippen LogP contribution in [-0.2, 0) is 6.42 Å². The van der Waals surface area contributed by atoms with Gasteiger partial charge < -0.3 is 0 Å². The lowest BCUT2D eigenvalue weighted by Crippen LogP contribution is -2.01. The van der Waals surface area contributed by atoms with E-state index in [1.165, 1.54) is 4.88 Å². The second-order valence-corrected chi connectivity index (χ2v) is 5.79. The van der Waals surface area contributed by atoms with E-state index in [-0.39, 0.29) is 5.78 Å². The molecule has 0 fully saturated rings. The molecule has 20 heavy (non-hydrogen) atoms. The van der Waals surface area contributed by atoms with Crippen molar-refractivity contribution in [2.24, 2.45) is 0 Å². The summed E-state index contributed by atoms with van der Waals surface area (Å²) in [6, 6.07) is 12.0. The molecule has 0 spiro atoms. The highest BCUT2D eigenvalue weighted by Gasteiger charge is 2.09. The van der Waals surface area contributed by atoms with E-state index in [1.54, 1.807) is 23.7 Å². The lowest BCUT2D eigenvalue weighted by molar-refractivity contribution is 0.0982. The molecule has 2 nitrogen and oxygen atoms in total. The van der Waals surface area contributed by atoms with Crippen LogP contribution in [0.3, 0.4) is 0 Å². The first-order valence-electron chi connectivity index (χ1n) is 6.73. The fraction of sp³-hybridized carbons (Fsp3) is 0.176. The van der Waals surface area contributed by atoms with Crippen molar-refractivity contribution in [3.05, 3.63) is 64.6 Å². The second kappa shape index (κ2) is 5.97. The zero-order valence-electron chi connectivity index (χ0n) is 11.1. The predicted molar refractivity (Wildman–Crippen MR) is 83.3 cm³/mol. The molecule has 0 bridgehead atoms. The molecule has 0 amide bonds. The van der Waals surface area contributed by atoms with E-state index in [2.05, 4.69) is 22.5 Å². The van der Waals surface area contributed by atoms with Gasteiger partial charge in [-0.15, -0.1) is 11.3 Å². The smallest absolute Gasteiger partial charge is 0.163 e. The molecule has 0 saturated carbocycles. The van der Waals surface area contributed by atoms with Crippen molar-refractivity contribution in [1.29, 1.82) is 0 Å². The quantitative estimate of drug-likeness (QED) is 0.644. The number of pyridine rings is 1. The summed E-state index contributed by atoms with van der Waals surface area (Å²) in [5.74, 6) is 0.208. The van der Waals surface area contributed by atoms with Gasteiger partial charge in [-0.2, -0.15) is 0 Å². The van der Waals surface area contributed by atoms with Crippen LogP contribution >= 0.6 is 11.3 Å². The largest absolute Gasteiger partial charge is 0.294 e. The molecule has 3 heteroatoms. The lowest BCUT2D eigenvalue weighted by Gasteiger charge is -2.05. The maximum absolute atomic E-state index is 12.4. The highest BCUT2D eigenvalue weighted by Crippen LogP contribution is 2.20. The van der Waals surface area contributed by atoms with E-state index in [9.17, 15) is 4.79 Å². The van der Waals surface area contributed by atoms with Crippen LogP contribution in [0.15, 0.2) is 54.2 Å². The third-order valence-electron chi connectivity index (χ3n) is 3.39. The van der Waals surface area contributed by atoms with Gasteiger partial charge in [0.25, 0.3) is 0 Å². The van der Waals surface area contributed by atoms with Crippen LogP contribution in [0.25, 0.3) is 10.8 Å². The predicted octanol–water partition coefficient (Wildman–Crippen LogP) is 4.50. The lowest BCUT2D eigenvalue weighted by atomic mass is 10.00. The van der Waals surface area contributed by atoms with Crippen LogP contribution in [0.5, 0.6) is 0 Å². The van der Waals surface area contributed by atoms with Gasteiger partial charge >= 0.3 is 0 Å². The van der Waals surface area contributed by atoms with Crippen molar-refractivity contribution in [2.45, 2.75) is 19.3 Å². The number of Topliss-reactive ketones (excluding diaryl/α,β-unsaturated/α-hetero) is 1. The van der Waals surface area contributed by atoms with Gasteiger partial charge in [0.2, 0.25) is 0 Å². The summed E-state index contributed by atoms with van der Waals surface area (Å²) in [7, 11) is 0. The molecule has 0 aliphatic carbocycles. The molecule has 2 aromatic heterocycles. The summed E-state index contributed by atoms with van der Waals surface area (Å²) >= 11 is 1.75. The standard InChI is InChI=1S/C17H15NOS/c19-17(8-2-5-14-6-3-11-20-14)15-7-1-4-13-9-10-18-12-16(13)15/h1,3-4,6-7,9-12H,2,5,8H2. The van der Waals surface area contributed by atoms with Crippen LogP contribution in [0.2, 0.25) is 0 Å². The Hall–Kier alpha value is -2.00. The van der Waals surface area contributed by atoms with Crippen LogP contribution in [0, 0.1) is 0 Å². The van der Waals surface area contributed by atoms with Crippen molar-refractivity contribution < 1.29 is 4.79 Å². The number of aryl methyl sites for hydroxylation is 1. The summed E-state index contributed by atoms with van der Waals surface area (Å²) in [6.45, 7) is 0. The number of rotatable bonds is 5. The number of benzene rings is 1. The number of carbonyl (C=O) groups excluding carboxylic acids is 1. The van der Waals surface area contributed by atoms with E-state index in [1.807, 2.05) is 24.3 Å². The number of ketones is 1. The zero-order valence-corrected chi connectivity index (χ0v) is 11.9. The average Bonchev–Trinajstić information content (AvgIpc) is 3.00. The number of aromatic nitrogens is 1. The minimum absolute atomic E-state index is 0.208. The Morgan fingerprint density at radius 1 is 1.15 bits per heavy atom. The van der Waals surface area contributed by atoms with Gasteiger partial charge in [0, 0.05) is 34.6 Å². The van der Waals surface area contributed by atoms with Gasteiger partial charge in [0.05, 0.1) is 0 Å². The number of carbonyl (C=O) groups is 1. The summed E-state index contributed by atoms with van der Waals surface area (Å²) in [4.78, 5) is 17.8. The van der Waals surface area contributed by atoms with E-state index in [0.717, 1.165) is 29.2 Å². The third kappa shape index (κ3) is 2.78. The van der Waals surface area contributed by atoms with E-state index in [4.69, 9.17) is 0 Å². The van der Waals surface area contributed by atoms with Crippen molar-refractivity contribution in [2.75, 3.05) is 0 Å². The van der Waals surface area contributed by atoms with E-state index < -0.39 is 0 Å². The van der Waals surface area contributed by atoms with Gasteiger partial charge in [-0.05, 0) is 35.7 Å². The highest BCUT2D eigenvalue weighted by atomic mass is 32.1. The molecule has 2 heterocycles. The van der Waals surface area contributed by atoms with Crippen molar-refractivity contribution >= 4 is 27.9 Å². The topological polar surface area (TPSA) is 30.0 Å². The highest BCUT2D eigenvalue weighted by molar-refractivity contribution is 7.09. The molecule has 0 unspecified atom stereocenters. The molecular weight excluding hydrogens is 266 g/mol. The molecule has 1 aromatic carbocycles. The monoisotopic (exact) mass is 281 g/mol. The van der Waals surface area contributed by atoms with Gasteiger partial charge in [0.15, 0.2) is 5.78 Å². The third-order valence-corrected chi connectivity index (χ3v) is 4.33. The number of thiophene rings is 1. The molecule has 0 atom stereocenters. The minimum Gasteiger partial charge on any atom is -0.294 e. The Morgan fingerprint density at radius 3 is 2.95 bits per heavy atom. The van der Waals surface area contributed by atoms with Gasteiger partial charge in [-0.25, -0.2) is 0 Å². The molecular formula is C17H15NOS. The molecule has 0 radical (unpaired) electrons. The molecule has 0 aliphatic heterocycles. The van der Waals surface area contributed by atoms with Crippen molar-refractivity contribution in [3.63, 3.8) is 0 Å². The molecule has 100 valence electrons. The number of hydrogen-bond acceptors (Lipinski definition) is 3. The zero-order chi connectivity index (χ0) is 13.8. The SMILES string of the molecule is O=C(CCCc1cccs1)c1cccc2ccncc12. The Labute approximate surface area is 122 Å². The Morgan fingerprint density at radius 2 is 2.10 bits per heavy atom. The van der Waals surface area contributed by atoms with E-state index >= 15 is 0 Å². The van der Waals surface area contributed by atoms with Crippen LogP contribution in [-0.4, -0.2) is 10.8 Å². The Kier molecular flexibility index (Phi) is 3.88. The van der Waals surface area contributed by atoms with Gasteiger partial charge in [-0.3, -0.25) is 9.78 Å². The van der Waals surface area contributed by atoms with Crippen LogP contribution in [0.1, 0.15) is 28.1 Å². The molecule has 3 rings (SSSR count). The first-order chi connectivity index (χ1) is 9.84. The van der Waals surface area contributed by atoms with E-state index in [0.29, 0.717) is 6.42 Å². The Balaban J connectivity index is 1.72. The second-order valence-electron chi connectivity index (χ2n) is 4.76. The molecule has 0 aliphatic rings. The Bertz CT molecular complexity index is 713. The summed E-state index contributed by atoms with van der Waals surface area (Å²) in [5.41, 5.74) is 0.793. The van der Waals surface area contributed by atoms with Gasteiger partial charge in [0.1, 0.15) is 0 Å². The average molecular weight is 281 g/mol. The molecule has 3 aromatic rings. The maximum atomic E-state index is 12.4. The van der Waals surface area contributed by atoms with Crippen LogP contribution < -0.4 is 0 Å². The first kappa shape index (κ1) is 13.0. The van der Waals surface area contributed by atoms with Crippen molar-refractivity contribution in [1.82, 2.24) is 4.98 Å². The van der Waals surface area contributed by atoms with Crippen LogP contribution in [0.4, 0.5) is 0 Å². The number of nitrogens with zero attached hydrogens (tertiary/aromatic N) is 1. The summed E-state index contributed by atoms with van der Waals surface area (Å²) < 4.78 is 0. The fourth-order valence-electron chi connectivity index (χ4n) is 2.37. The number of hydrogen-bond donors (Lipinski definition) is 0. The van der Waals surface area contributed by atoms with Gasteiger partial charge in [-0.1, -0.05) is 24.3 Å². The fourth-order valence-corrected chi connectivity index (χ4v) is 3.12. The van der Waals surface area contributed by atoms with Crippen molar-refractivity contribution in [3.8, 4) is 0 Å². The molecule has 0 N–H and O–H groups in total. The first-order valence-corrected chi connectivity index (χ1v) is 7.61. The minimum atomic E-state index is 0.208. The summed E-state index contributed by atoms with van der Waals surface area (Å²) in [6.07, 6.45) is 6.00. The number of fused-ring (bicyclic) bond motifs is 1. The summed E-state index contributed by atoms with van der Waals surface area (Å²) in [5, 5.41) is 4.10. The normalized spacial score (nSPS) is 10.8. The maximum Gasteiger partial charge on any atom is 0.163 e. The molecule has 0 saturated heterocycles.